The van der Waals surface area contributed by atoms with Gasteiger partial charge in [0, 0.05) is 12.8 Å². The first-order chi connectivity index (χ1) is 9.72. The Morgan fingerprint density at radius 3 is 2.14 bits per heavy atom. The quantitative estimate of drug-likeness (QED) is 0.321. The number of nitrogens with zero attached hydrogens (tertiary/aromatic N) is 1. The van der Waals surface area contributed by atoms with E-state index in [0.717, 1.165) is 0 Å². The summed E-state index contributed by atoms with van der Waals surface area (Å²) in [5.41, 5.74) is 0. The lowest BCUT2D eigenvalue weighted by molar-refractivity contribution is -0.923. The lowest BCUT2D eigenvalue weighted by atomic mass is 9.90. The Labute approximate surface area is 127 Å². The van der Waals surface area contributed by atoms with Crippen molar-refractivity contribution in [2.75, 3.05) is 20.6 Å². The van der Waals surface area contributed by atoms with Gasteiger partial charge in [-0.25, -0.2) is 4.57 Å². The maximum absolute atomic E-state index is 11.4. The van der Waals surface area contributed by atoms with E-state index >= 15 is 0 Å². The lowest BCUT2D eigenvalue weighted by Gasteiger charge is -2.44. The maximum atomic E-state index is 11.4. The topological polar surface area (TPSA) is 162 Å². The van der Waals surface area contributed by atoms with Crippen molar-refractivity contribution in [1.82, 2.24) is 0 Å². The van der Waals surface area contributed by atoms with Crippen LogP contribution in [0.15, 0.2) is 0 Å². The van der Waals surface area contributed by atoms with Crippen LogP contribution in [-0.2, 0) is 18.4 Å². The van der Waals surface area contributed by atoms with Gasteiger partial charge in [0.2, 0.25) is 0 Å². The molecule has 10 nitrogen and oxygen atoms in total. The molecular weight excluding hydrogens is 340 g/mol. The second-order valence-corrected chi connectivity index (χ2v) is 9.05. The van der Waals surface area contributed by atoms with Crippen molar-refractivity contribution >= 4 is 21.4 Å². The summed E-state index contributed by atoms with van der Waals surface area (Å²) in [5, 5.41) is 9.06. The number of rotatable bonds is 6. The molecule has 0 saturated carbocycles. The molecule has 0 radical (unpaired) electrons. The van der Waals surface area contributed by atoms with Crippen LogP contribution >= 0.6 is 15.4 Å². The van der Waals surface area contributed by atoms with Crippen LogP contribution in [0.3, 0.4) is 0 Å². The van der Waals surface area contributed by atoms with Crippen molar-refractivity contribution < 1.29 is 47.6 Å². The zero-order chi connectivity index (χ0) is 17.3. The highest BCUT2D eigenvalue weighted by atomic mass is 31.2. The average molecular weight is 362 g/mol. The van der Waals surface area contributed by atoms with Crippen LogP contribution in [0, 0.1) is 5.92 Å². The third-order valence-corrected chi connectivity index (χ3v) is 5.75. The first-order valence-electron chi connectivity index (χ1n) is 6.57. The van der Waals surface area contributed by atoms with Crippen LogP contribution in [-0.4, -0.2) is 67.7 Å². The molecule has 0 spiro atoms. The standard InChI is InChI=1S/C10H21NO9P2/c1-11(2)6-7(10(12)13)3-4-8(11)5-9(21(14,15)16)20-22(17,18)19/h7-9H,3-6H2,1-2H3,(H4-,12,13,14,15,16,17,18,19)/p+1. The summed E-state index contributed by atoms with van der Waals surface area (Å²) in [7, 11) is -6.49. The smallest absolute Gasteiger partial charge is 0.470 e. The third-order valence-electron chi connectivity index (χ3n) is 3.98. The second kappa shape index (κ2) is 6.67. The number of carboxylic acid groups (broad SMARTS) is 1. The van der Waals surface area contributed by atoms with Crippen LogP contribution < -0.4 is 0 Å². The molecule has 1 saturated heterocycles. The van der Waals surface area contributed by atoms with E-state index in [1.807, 2.05) is 0 Å². The van der Waals surface area contributed by atoms with Gasteiger partial charge in [-0.05, 0) is 6.42 Å². The molecule has 1 heterocycles. The predicted molar refractivity (Wildman–Crippen MR) is 74.7 cm³/mol. The Hall–Kier alpha value is -0.310. The van der Waals surface area contributed by atoms with E-state index in [0.29, 0.717) is 12.8 Å². The van der Waals surface area contributed by atoms with E-state index < -0.39 is 33.2 Å². The van der Waals surface area contributed by atoms with Crippen molar-refractivity contribution in [1.29, 1.82) is 0 Å². The molecule has 3 atom stereocenters. The first-order valence-corrected chi connectivity index (χ1v) is 9.78. The number of phosphoric acid groups is 1. The molecule has 0 bridgehead atoms. The van der Waals surface area contributed by atoms with Gasteiger partial charge in [0.25, 0.3) is 0 Å². The monoisotopic (exact) mass is 362 g/mol. The van der Waals surface area contributed by atoms with Gasteiger partial charge in [-0.3, -0.25) is 13.9 Å². The highest BCUT2D eigenvalue weighted by molar-refractivity contribution is 7.53. The number of piperidine rings is 1. The zero-order valence-corrected chi connectivity index (χ0v) is 14.1. The summed E-state index contributed by atoms with van der Waals surface area (Å²) in [6.45, 7) is 0.268. The van der Waals surface area contributed by atoms with Crippen LogP contribution in [0.4, 0.5) is 0 Å². The lowest BCUT2D eigenvalue weighted by Crippen LogP contribution is -2.56. The first kappa shape index (κ1) is 19.7. The second-order valence-electron chi connectivity index (χ2n) is 6.10. The fourth-order valence-corrected chi connectivity index (χ4v) is 4.57. The van der Waals surface area contributed by atoms with E-state index in [1.165, 1.54) is 0 Å². The summed E-state index contributed by atoms with van der Waals surface area (Å²) in [6, 6.07) is -0.375. The van der Waals surface area contributed by atoms with Gasteiger partial charge in [0.1, 0.15) is 5.92 Å². The molecule has 22 heavy (non-hydrogen) atoms. The number of phosphoric ester groups is 1. The Balaban J connectivity index is 2.88. The molecule has 130 valence electrons. The number of carboxylic acids is 1. The van der Waals surface area contributed by atoms with Crippen LogP contribution in [0.5, 0.6) is 0 Å². The van der Waals surface area contributed by atoms with E-state index in [-0.39, 0.29) is 23.5 Å². The van der Waals surface area contributed by atoms with Crippen molar-refractivity contribution in [2.45, 2.75) is 31.1 Å². The molecule has 12 heteroatoms. The summed E-state index contributed by atoms with van der Waals surface area (Å²) in [4.78, 5) is 47.1. The van der Waals surface area contributed by atoms with Gasteiger partial charge >= 0.3 is 21.4 Å². The molecule has 1 aliphatic rings. The predicted octanol–water partition coefficient (Wildman–Crippen LogP) is -0.0708. The number of carbonyl (C=O) groups is 1. The molecule has 1 aliphatic heterocycles. The number of quaternary nitrogens is 1. The molecule has 1 rings (SSSR count). The van der Waals surface area contributed by atoms with Gasteiger partial charge in [-0.1, -0.05) is 0 Å². The summed E-state index contributed by atoms with van der Waals surface area (Å²) in [6.07, 6.45) is 0.436. The SMILES string of the molecule is C[N+]1(C)CC(C(=O)O)CCC1CC(OP(=O)(O)O)P(=O)(O)O. The zero-order valence-electron chi connectivity index (χ0n) is 12.3. The fraction of sp³-hybridized carbons (Fsp3) is 0.900. The van der Waals surface area contributed by atoms with Gasteiger partial charge in [-0.2, -0.15) is 0 Å². The van der Waals surface area contributed by atoms with E-state index in [4.69, 9.17) is 14.9 Å². The Kier molecular flexibility index (Phi) is 5.98. The van der Waals surface area contributed by atoms with E-state index in [9.17, 15) is 23.7 Å². The number of likely N-dealkylation sites (tertiary alicyclic amines) is 1. The molecule has 5 N–H and O–H groups in total. The molecule has 1 fully saturated rings. The van der Waals surface area contributed by atoms with Gasteiger partial charge in [-0.15, -0.1) is 0 Å². The summed E-state index contributed by atoms with van der Waals surface area (Å²) in [5.74, 6) is -3.40. The van der Waals surface area contributed by atoms with E-state index in [1.54, 1.807) is 14.1 Å². The van der Waals surface area contributed by atoms with Crippen LogP contribution in [0.25, 0.3) is 0 Å². The minimum Gasteiger partial charge on any atom is -0.481 e. The molecule has 0 aliphatic carbocycles. The van der Waals surface area contributed by atoms with E-state index in [2.05, 4.69) is 4.52 Å². The van der Waals surface area contributed by atoms with Crippen molar-refractivity contribution in [2.24, 2.45) is 5.92 Å². The Morgan fingerprint density at radius 1 is 1.23 bits per heavy atom. The number of aliphatic carboxylic acids is 1. The molecule has 0 aromatic carbocycles. The Morgan fingerprint density at radius 2 is 1.77 bits per heavy atom. The van der Waals surface area contributed by atoms with Crippen molar-refractivity contribution in [3.05, 3.63) is 0 Å². The minimum absolute atomic E-state index is 0.179. The highest BCUT2D eigenvalue weighted by Crippen LogP contribution is 2.52. The number of hydrogen-bond donors (Lipinski definition) is 5. The largest absolute Gasteiger partial charge is 0.481 e. The molecular formula is C10H22NO9P2+. The normalized spacial score (nSPS) is 27.4. The molecule has 0 amide bonds. The van der Waals surface area contributed by atoms with Crippen molar-refractivity contribution in [3.63, 3.8) is 0 Å². The van der Waals surface area contributed by atoms with Crippen LogP contribution in [0.1, 0.15) is 19.3 Å². The van der Waals surface area contributed by atoms with Gasteiger partial charge in [0.05, 0.1) is 26.7 Å². The van der Waals surface area contributed by atoms with Gasteiger partial charge in [0.15, 0.2) is 5.85 Å². The minimum atomic E-state index is -5.05. The van der Waals surface area contributed by atoms with Crippen LogP contribution in [0.2, 0.25) is 0 Å². The summed E-state index contributed by atoms with van der Waals surface area (Å²) < 4.78 is 26.7. The van der Waals surface area contributed by atoms with Gasteiger partial charge < -0.3 is 29.2 Å². The molecule has 3 unspecified atom stereocenters. The highest BCUT2D eigenvalue weighted by Gasteiger charge is 2.45. The number of hydrogen-bond acceptors (Lipinski definition) is 4. The molecule has 0 aromatic rings. The summed E-state index contributed by atoms with van der Waals surface area (Å²) >= 11 is 0. The molecule has 0 aromatic heterocycles. The average Bonchev–Trinajstić information content (AvgIpc) is 2.26. The third kappa shape index (κ3) is 5.72. The van der Waals surface area contributed by atoms with Crippen molar-refractivity contribution in [3.8, 4) is 0 Å². The fourth-order valence-electron chi connectivity index (χ4n) is 2.79. The Bertz CT molecular complexity index is 511. The maximum Gasteiger partial charge on any atom is 0.470 e.